The van der Waals surface area contributed by atoms with Crippen LogP contribution < -0.4 is 37.2 Å². The Morgan fingerprint density at radius 2 is 1.29 bits per heavy atom. The Morgan fingerprint density at radius 3 is 1.97 bits per heavy atom. The molecule has 0 saturated carbocycles. The van der Waals surface area contributed by atoms with Crippen molar-refractivity contribution in [3.8, 4) is 0 Å². The highest BCUT2D eigenvalue weighted by Crippen LogP contribution is 2.33. The molecular weight excluding hydrogens is 889 g/mol. The van der Waals surface area contributed by atoms with E-state index in [1.54, 1.807) is 54.6 Å². The summed E-state index contributed by atoms with van der Waals surface area (Å²) < 4.78 is 27.2. The van der Waals surface area contributed by atoms with Crippen molar-refractivity contribution in [2.75, 3.05) is 18.8 Å². The predicted molar refractivity (Wildman–Crippen MR) is 260 cm³/mol. The number of hydrogen-bond donors (Lipinski definition) is 7. The van der Waals surface area contributed by atoms with Gasteiger partial charge in [-0.15, -0.1) is 0 Å². The van der Waals surface area contributed by atoms with Crippen LogP contribution in [0.1, 0.15) is 115 Å². The molecule has 2 aliphatic rings. The van der Waals surface area contributed by atoms with E-state index in [4.69, 9.17) is 0 Å². The Labute approximate surface area is 401 Å². The largest absolute Gasteiger partial charge is 0.356 e. The minimum Gasteiger partial charge on any atom is -0.356 e. The normalized spacial score (nSPS) is 17.0. The van der Waals surface area contributed by atoms with Crippen LogP contribution in [0.3, 0.4) is 0 Å². The van der Waals surface area contributed by atoms with Gasteiger partial charge in [0.05, 0.1) is 18.5 Å². The Balaban J connectivity index is 0.817. The highest BCUT2D eigenvalue weighted by molar-refractivity contribution is 8.00. The van der Waals surface area contributed by atoms with Gasteiger partial charge in [0, 0.05) is 54.3 Å². The van der Waals surface area contributed by atoms with Crippen LogP contribution in [0.4, 0.5) is 13.6 Å². The van der Waals surface area contributed by atoms with Crippen LogP contribution in [0.15, 0.2) is 97.1 Å². The van der Waals surface area contributed by atoms with Gasteiger partial charge in [-0.05, 0) is 73.5 Å². The molecule has 5 atom stereocenters. The second-order valence-electron chi connectivity index (χ2n) is 17.6. The van der Waals surface area contributed by atoms with Crippen molar-refractivity contribution in [3.05, 3.63) is 142 Å². The first-order chi connectivity index (χ1) is 32.9. The lowest BCUT2D eigenvalue weighted by molar-refractivity contribution is -0.131. The summed E-state index contributed by atoms with van der Waals surface area (Å²) in [6.07, 6.45) is 9.72. The van der Waals surface area contributed by atoms with Gasteiger partial charge in [0.2, 0.25) is 23.6 Å². The molecule has 362 valence electrons. The maximum absolute atomic E-state index is 13.6. The van der Waals surface area contributed by atoms with Crippen molar-refractivity contribution in [1.29, 1.82) is 0 Å². The van der Waals surface area contributed by atoms with Gasteiger partial charge in [-0.2, -0.15) is 11.8 Å². The van der Waals surface area contributed by atoms with Crippen molar-refractivity contribution < 1.29 is 37.5 Å². The van der Waals surface area contributed by atoms with Crippen molar-refractivity contribution in [2.24, 2.45) is 0 Å². The van der Waals surface area contributed by atoms with E-state index in [1.165, 1.54) is 6.92 Å². The molecule has 2 fully saturated rings. The van der Waals surface area contributed by atoms with E-state index in [9.17, 15) is 37.5 Å². The topological polar surface area (TPSA) is 187 Å². The maximum Gasteiger partial charge on any atom is 0.315 e. The summed E-state index contributed by atoms with van der Waals surface area (Å²) in [7, 11) is 0. The molecule has 0 radical (unpaired) electrons. The first-order valence-corrected chi connectivity index (χ1v) is 24.7. The molecule has 6 amide bonds. The van der Waals surface area contributed by atoms with Gasteiger partial charge < -0.3 is 37.2 Å². The fourth-order valence-electron chi connectivity index (χ4n) is 8.38. The molecule has 16 heteroatoms. The molecule has 13 nitrogen and oxygen atoms in total. The smallest absolute Gasteiger partial charge is 0.315 e. The lowest BCUT2D eigenvalue weighted by Gasteiger charge is -2.22. The second kappa shape index (κ2) is 26.4. The summed E-state index contributed by atoms with van der Waals surface area (Å²) in [6, 6.07) is 24.2. The van der Waals surface area contributed by atoms with Crippen molar-refractivity contribution in [2.45, 2.75) is 120 Å². The van der Waals surface area contributed by atoms with Crippen molar-refractivity contribution in [1.82, 2.24) is 37.2 Å². The molecule has 2 heterocycles. The first kappa shape index (κ1) is 51.3. The predicted octanol–water partition coefficient (Wildman–Crippen LogP) is 6.69. The number of ketones is 1. The van der Waals surface area contributed by atoms with Gasteiger partial charge in [0.1, 0.15) is 23.7 Å². The zero-order valence-corrected chi connectivity index (χ0v) is 39.4. The zero-order chi connectivity index (χ0) is 48.3. The standard InChI is InChI=1S/C52H63F2N7O6S/c1-34(58-46(63)29-37-27-41(53)30-42(54)28-37)50(65)60-47(38-13-7-6-8-14-38)51(66)57-32-36-19-23-40(24-20-36)49(64)39-21-17-35(18-22-39)31-55-25-11-4-2-3-5-12-26-56-45(62)16-10-9-15-44-48-43(33-68-44)59-52(67)61-48/h6-8,13-14,17-24,27-28,30,34,43-44,47-48,55H,2-5,9-12,15-16,25-26,29,31-33H2,1H3,(H,56,62)(H,57,66)(H,58,63)(H,60,65)(H2,59,61,67)/t34-,43-,44-,47-,48-/m0/s1. The van der Waals surface area contributed by atoms with Crippen LogP contribution >= 0.6 is 11.8 Å². The highest BCUT2D eigenvalue weighted by Gasteiger charge is 2.42. The lowest BCUT2D eigenvalue weighted by atomic mass is 10.0. The van der Waals surface area contributed by atoms with E-state index in [-0.39, 0.29) is 48.3 Å². The van der Waals surface area contributed by atoms with Crippen LogP contribution in [0.5, 0.6) is 0 Å². The zero-order valence-electron chi connectivity index (χ0n) is 38.6. The second-order valence-corrected chi connectivity index (χ2v) is 18.8. The van der Waals surface area contributed by atoms with E-state index in [2.05, 4.69) is 37.2 Å². The number of unbranched alkanes of at least 4 members (excludes halogenated alkanes) is 6. The number of amides is 6. The minimum absolute atomic E-state index is 0.0592. The van der Waals surface area contributed by atoms with E-state index in [0.29, 0.717) is 41.0 Å². The molecule has 7 N–H and O–H groups in total. The number of fused-ring (bicyclic) bond motifs is 1. The number of thioether (sulfide) groups is 1. The molecule has 0 spiro atoms. The average molecular weight is 952 g/mol. The molecule has 68 heavy (non-hydrogen) atoms. The minimum atomic E-state index is -1.09. The van der Waals surface area contributed by atoms with Crippen molar-refractivity contribution >= 4 is 47.2 Å². The van der Waals surface area contributed by atoms with Crippen LogP contribution in [0, 0.1) is 11.6 Å². The van der Waals surface area contributed by atoms with Crippen LogP contribution in [-0.4, -0.2) is 77.7 Å². The summed E-state index contributed by atoms with van der Waals surface area (Å²) in [6.45, 7) is 3.90. The number of hydrogen-bond acceptors (Lipinski definition) is 8. The lowest BCUT2D eigenvalue weighted by Crippen LogP contribution is -2.49. The van der Waals surface area contributed by atoms with Gasteiger partial charge in [0.15, 0.2) is 5.78 Å². The highest BCUT2D eigenvalue weighted by atomic mass is 32.2. The molecule has 0 aliphatic carbocycles. The molecule has 4 aromatic carbocycles. The number of halogens is 2. The third kappa shape index (κ3) is 16.3. The summed E-state index contributed by atoms with van der Waals surface area (Å²) >= 11 is 1.91. The Kier molecular flexibility index (Phi) is 19.9. The molecule has 2 aliphatic heterocycles. The van der Waals surface area contributed by atoms with Crippen LogP contribution in [0.2, 0.25) is 0 Å². The monoisotopic (exact) mass is 951 g/mol. The number of carbonyl (C=O) groups excluding carboxylic acids is 6. The molecule has 4 aromatic rings. The Hall–Kier alpha value is -6.13. The molecule has 2 saturated heterocycles. The van der Waals surface area contributed by atoms with Gasteiger partial charge in [-0.3, -0.25) is 24.0 Å². The molecule has 0 aromatic heterocycles. The average Bonchev–Trinajstić information content (AvgIpc) is 3.89. The third-order valence-electron chi connectivity index (χ3n) is 12.2. The number of benzene rings is 4. The molecule has 6 rings (SSSR count). The number of carbonyl (C=O) groups is 6. The fraction of sp³-hybridized carbons (Fsp3) is 0.423. The maximum atomic E-state index is 13.6. The molecular formula is C52H63F2N7O6S. The summed E-state index contributed by atoms with van der Waals surface area (Å²) in [5.74, 6) is -2.41. The quantitative estimate of drug-likeness (QED) is 0.0196. The van der Waals surface area contributed by atoms with Crippen molar-refractivity contribution in [3.63, 3.8) is 0 Å². The number of urea groups is 1. The van der Waals surface area contributed by atoms with E-state index in [0.717, 1.165) is 99.9 Å². The van der Waals surface area contributed by atoms with Gasteiger partial charge in [-0.1, -0.05) is 111 Å². The fourth-order valence-corrected chi connectivity index (χ4v) is 9.92. The first-order valence-electron chi connectivity index (χ1n) is 23.7. The van der Waals surface area contributed by atoms with Gasteiger partial charge >= 0.3 is 6.03 Å². The Bertz CT molecular complexity index is 2300. The van der Waals surface area contributed by atoms with E-state index in [1.807, 2.05) is 36.0 Å². The SMILES string of the molecule is C[C@H](NC(=O)Cc1cc(F)cc(F)c1)C(=O)N[C@H](C(=O)NCc1ccc(C(=O)c2ccc(CNCCCCCCCCNC(=O)CCCC[C@@H]3SC[C@@H]4NC(=O)N[C@@H]43)cc2)cc1)c1ccccc1. The van der Waals surface area contributed by atoms with E-state index >= 15 is 0 Å². The summed E-state index contributed by atoms with van der Waals surface area (Å²) in [5.41, 5.74) is 3.52. The summed E-state index contributed by atoms with van der Waals surface area (Å²) in [5, 5.41) is 21.0. The van der Waals surface area contributed by atoms with Crippen LogP contribution in [0.25, 0.3) is 0 Å². The molecule has 0 unspecified atom stereocenters. The van der Waals surface area contributed by atoms with Gasteiger partial charge in [-0.25, -0.2) is 13.6 Å². The third-order valence-corrected chi connectivity index (χ3v) is 13.7. The van der Waals surface area contributed by atoms with Crippen LogP contribution in [-0.2, 0) is 38.7 Å². The molecule has 0 bridgehead atoms. The van der Waals surface area contributed by atoms with E-state index < -0.39 is 41.4 Å². The number of nitrogens with one attached hydrogen (secondary N) is 7. The van der Waals surface area contributed by atoms with Gasteiger partial charge in [0.25, 0.3) is 0 Å². The Morgan fingerprint density at radius 1 is 0.662 bits per heavy atom. The summed E-state index contributed by atoms with van der Waals surface area (Å²) in [4.78, 5) is 76.3. The number of rotatable bonds is 27.